The van der Waals surface area contributed by atoms with Gasteiger partial charge in [-0.3, -0.25) is 9.78 Å². The summed E-state index contributed by atoms with van der Waals surface area (Å²) >= 11 is 7.99. The number of nitrogens with zero attached hydrogens (tertiary/aromatic N) is 2. The number of alkyl halides is 1. The van der Waals surface area contributed by atoms with Gasteiger partial charge in [0.2, 0.25) is 0 Å². The van der Waals surface area contributed by atoms with Gasteiger partial charge in [-0.05, 0) is 30.0 Å². The van der Waals surface area contributed by atoms with Crippen molar-refractivity contribution in [3.8, 4) is 17.2 Å². The fourth-order valence-electron chi connectivity index (χ4n) is 3.43. The molecule has 2 aromatic heterocycles. The molecule has 2 heterocycles. The number of aliphatic carboxylic acids is 1. The van der Waals surface area contributed by atoms with Crippen LogP contribution in [-0.2, 0) is 9.67 Å². The number of pyridine rings is 1. The molecule has 28 heavy (non-hydrogen) atoms. The number of hydrogen-bond acceptors (Lipinski definition) is 4. The molecule has 0 amide bonds. The summed E-state index contributed by atoms with van der Waals surface area (Å²) in [7, 11) is 0. The Labute approximate surface area is 170 Å². The van der Waals surface area contributed by atoms with Gasteiger partial charge in [-0.1, -0.05) is 30.3 Å². The van der Waals surface area contributed by atoms with Crippen LogP contribution in [0, 0.1) is 11.3 Å². The minimum atomic E-state index is -0.987. The number of carboxylic acids is 1. The molecule has 4 rings (SSSR count). The topological polar surface area (TPSA) is 74.0 Å². The zero-order valence-corrected chi connectivity index (χ0v) is 16.5. The lowest BCUT2D eigenvalue weighted by atomic mass is 9.94. The third-order valence-electron chi connectivity index (χ3n) is 4.78. The van der Waals surface area contributed by atoms with E-state index in [1.807, 2.05) is 42.5 Å². The summed E-state index contributed by atoms with van der Waals surface area (Å²) in [6, 6.07) is 15.7. The molecule has 0 saturated heterocycles. The molecule has 0 aliphatic carbocycles. The standard InChI is InChI=1S/C22H15ClN2O2S/c1-22(23,9-21(26)27)20-8-17-18(11-25-12-19(17)28-20)16-7-6-13(10-24)14-4-2-3-5-15(14)16/h2-8,11-12H,9H2,1H3,(H,26,27). The van der Waals surface area contributed by atoms with Crippen molar-refractivity contribution in [1.82, 2.24) is 4.98 Å². The van der Waals surface area contributed by atoms with Crippen molar-refractivity contribution in [3.05, 3.63) is 65.3 Å². The number of halogens is 1. The summed E-state index contributed by atoms with van der Waals surface area (Å²) in [6.07, 6.45) is 3.41. The molecule has 1 unspecified atom stereocenters. The van der Waals surface area contributed by atoms with Crippen LogP contribution in [0.4, 0.5) is 0 Å². The van der Waals surface area contributed by atoms with Gasteiger partial charge in [-0.2, -0.15) is 5.26 Å². The molecule has 138 valence electrons. The molecular formula is C22H15ClN2O2S. The second kappa shape index (κ2) is 6.90. The Morgan fingerprint density at radius 1 is 1.18 bits per heavy atom. The molecule has 6 heteroatoms. The molecule has 4 nitrogen and oxygen atoms in total. The Morgan fingerprint density at radius 3 is 2.64 bits per heavy atom. The van der Waals surface area contributed by atoms with Gasteiger partial charge in [0, 0.05) is 33.6 Å². The first kappa shape index (κ1) is 18.4. The van der Waals surface area contributed by atoms with E-state index in [0.29, 0.717) is 5.56 Å². The summed E-state index contributed by atoms with van der Waals surface area (Å²) in [5.74, 6) is -0.939. The predicted molar refractivity (Wildman–Crippen MR) is 113 cm³/mol. The van der Waals surface area contributed by atoms with E-state index in [1.54, 1.807) is 19.3 Å². The van der Waals surface area contributed by atoms with E-state index >= 15 is 0 Å². The largest absolute Gasteiger partial charge is 0.481 e. The van der Waals surface area contributed by atoms with Crippen molar-refractivity contribution in [2.45, 2.75) is 18.2 Å². The number of aromatic nitrogens is 1. The Morgan fingerprint density at radius 2 is 1.93 bits per heavy atom. The van der Waals surface area contributed by atoms with Crippen LogP contribution < -0.4 is 0 Å². The number of hydrogen-bond donors (Lipinski definition) is 1. The number of rotatable bonds is 4. The Balaban J connectivity index is 1.95. The molecular weight excluding hydrogens is 392 g/mol. The lowest BCUT2D eigenvalue weighted by Gasteiger charge is -2.17. The highest BCUT2D eigenvalue weighted by molar-refractivity contribution is 7.19. The molecule has 0 aliphatic heterocycles. The molecule has 0 fully saturated rings. The van der Waals surface area contributed by atoms with E-state index in [0.717, 1.165) is 36.9 Å². The fourth-order valence-corrected chi connectivity index (χ4v) is 4.81. The molecule has 2 aromatic carbocycles. The molecule has 0 spiro atoms. The van der Waals surface area contributed by atoms with Crippen LogP contribution in [0.5, 0.6) is 0 Å². The normalized spacial score (nSPS) is 13.3. The molecule has 1 N–H and O–H groups in total. The second-order valence-corrected chi connectivity index (χ2v) is 8.71. The van der Waals surface area contributed by atoms with Gasteiger partial charge < -0.3 is 5.11 Å². The van der Waals surface area contributed by atoms with Crippen LogP contribution in [0.3, 0.4) is 0 Å². The number of fused-ring (bicyclic) bond motifs is 2. The lowest BCUT2D eigenvalue weighted by Crippen LogP contribution is -2.17. The molecule has 0 bridgehead atoms. The molecule has 0 saturated carbocycles. The molecule has 0 aliphatic rings. The van der Waals surface area contributed by atoms with Crippen molar-refractivity contribution in [3.63, 3.8) is 0 Å². The van der Waals surface area contributed by atoms with E-state index in [1.165, 1.54) is 11.3 Å². The summed E-state index contributed by atoms with van der Waals surface area (Å²) in [5.41, 5.74) is 2.54. The van der Waals surface area contributed by atoms with Crippen molar-refractivity contribution in [2.75, 3.05) is 0 Å². The first-order chi connectivity index (χ1) is 13.4. The highest BCUT2D eigenvalue weighted by Gasteiger charge is 2.29. The molecule has 0 radical (unpaired) electrons. The molecule has 1 atom stereocenters. The SMILES string of the molecule is CC(Cl)(CC(=O)O)c1cc2c(-c3ccc(C#N)c4ccccc34)cncc2s1. The summed E-state index contributed by atoms with van der Waals surface area (Å²) in [6.45, 7) is 1.72. The van der Waals surface area contributed by atoms with Gasteiger partial charge in [0.05, 0.1) is 27.6 Å². The Bertz CT molecular complexity index is 1270. The second-order valence-electron chi connectivity index (χ2n) is 6.80. The van der Waals surface area contributed by atoms with Crippen molar-refractivity contribution in [2.24, 2.45) is 0 Å². The van der Waals surface area contributed by atoms with Crippen LogP contribution in [0.25, 0.3) is 32.0 Å². The van der Waals surface area contributed by atoms with Gasteiger partial charge in [-0.25, -0.2) is 0 Å². The highest BCUT2D eigenvalue weighted by atomic mass is 35.5. The third kappa shape index (κ3) is 3.11. The molecule has 4 aromatic rings. The first-order valence-corrected chi connectivity index (χ1v) is 9.81. The Kier molecular flexibility index (Phi) is 4.54. The first-order valence-electron chi connectivity index (χ1n) is 8.61. The summed E-state index contributed by atoms with van der Waals surface area (Å²) in [4.78, 5) is 15.4. The summed E-state index contributed by atoms with van der Waals surface area (Å²) in [5, 5.41) is 21.4. The average Bonchev–Trinajstić information content (AvgIpc) is 3.12. The zero-order valence-electron chi connectivity index (χ0n) is 14.9. The van der Waals surface area contributed by atoms with Crippen LogP contribution in [0.2, 0.25) is 0 Å². The minimum Gasteiger partial charge on any atom is -0.481 e. The van der Waals surface area contributed by atoms with Crippen LogP contribution in [-0.4, -0.2) is 16.1 Å². The lowest BCUT2D eigenvalue weighted by molar-refractivity contribution is -0.137. The van der Waals surface area contributed by atoms with Gasteiger partial charge in [0.25, 0.3) is 0 Å². The number of nitriles is 1. The van der Waals surface area contributed by atoms with Gasteiger partial charge in [0.1, 0.15) is 0 Å². The van der Waals surface area contributed by atoms with E-state index < -0.39 is 10.8 Å². The number of thiophene rings is 1. The van der Waals surface area contributed by atoms with Crippen molar-refractivity contribution >= 4 is 49.8 Å². The average molecular weight is 407 g/mol. The maximum absolute atomic E-state index is 11.2. The fraction of sp³-hybridized carbons (Fsp3) is 0.136. The van der Waals surface area contributed by atoms with Gasteiger partial charge in [-0.15, -0.1) is 22.9 Å². The van der Waals surface area contributed by atoms with E-state index in [-0.39, 0.29) is 6.42 Å². The predicted octanol–water partition coefficient (Wildman–Crippen LogP) is 5.92. The van der Waals surface area contributed by atoms with Crippen molar-refractivity contribution < 1.29 is 9.90 Å². The quantitative estimate of drug-likeness (QED) is 0.427. The third-order valence-corrected chi connectivity index (χ3v) is 6.56. The van der Waals surface area contributed by atoms with Gasteiger partial charge in [0.15, 0.2) is 0 Å². The summed E-state index contributed by atoms with van der Waals surface area (Å²) < 4.78 is 0.943. The monoisotopic (exact) mass is 406 g/mol. The smallest absolute Gasteiger partial charge is 0.305 e. The maximum atomic E-state index is 11.2. The highest BCUT2D eigenvalue weighted by Crippen LogP contribution is 2.43. The van der Waals surface area contributed by atoms with Crippen LogP contribution in [0.15, 0.2) is 54.9 Å². The Hall–Kier alpha value is -2.94. The minimum absolute atomic E-state index is 0.163. The number of carboxylic acid groups (broad SMARTS) is 1. The number of benzene rings is 2. The van der Waals surface area contributed by atoms with E-state index in [2.05, 4.69) is 11.1 Å². The number of carbonyl (C=O) groups is 1. The zero-order chi connectivity index (χ0) is 19.9. The van der Waals surface area contributed by atoms with Crippen molar-refractivity contribution in [1.29, 1.82) is 5.26 Å². The maximum Gasteiger partial charge on any atom is 0.305 e. The van der Waals surface area contributed by atoms with Crippen LogP contribution >= 0.6 is 22.9 Å². The van der Waals surface area contributed by atoms with Crippen LogP contribution in [0.1, 0.15) is 23.8 Å². The van der Waals surface area contributed by atoms with E-state index in [9.17, 15) is 10.1 Å². The van der Waals surface area contributed by atoms with Gasteiger partial charge >= 0.3 is 5.97 Å². The van der Waals surface area contributed by atoms with E-state index in [4.69, 9.17) is 16.7 Å².